The first kappa shape index (κ1) is 14.9. The molecule has 106 valence electrons. The molecule has 0 spiro atoms. The number of amides is 1. The van der Waals surface area contributed by atoms with E-state index in [9.17, 15) is 4.79 Å². The molecule has 0 saturated carbocycles. The van der Waals surface area contributed by atoms with Gasteiger partial charge in [-0.2, -0.15) is 0 Å². The number of anilines is 1. The number of rotatable bonds is 2. The molecular formula is C15H17ClN2O2. The first-order valence-corrected chi connectivity index (χ1v) is 6.87. The van der Waals surface area contributed by atoms with E-state index in [-0.39, 0.29) is 12.5 Å². The Kier molecular flexibility index (Phi) is 4.66. The molecule has 1 amide bonds. The molecule has 1 aromatic rings. The predicted molar refractivity (Wildman–Crippen MR) is 79.6 cm³/mol. The fraction of sp³-hybridized carbons (Fsp3) is 0.400. The summed E-state index contributed by atoms with van der Waals surface area (Å²) in [5, 5.41) is 3.38. The summed E-state index contributed by atoms with van der Waals surface area (Å²) in [5.74, 6) is 5.48. The van der Waals surface area contributed by atoms with Crippen LogP contribution in [0.25, 0.3) is 0 Å². The molecule has 1 saturated heterocycles. The second kappa shape index (κ2) is 6.27. The lowest BCUT2D eigenvalue weighted by Gasteiger charge is -2.22. The van der Waals surface area contributed by atoms with Gasteiger partial charge in [-0.05, 0) is 38.0 Å². The second-order valence-electron chi connectivity index (χ2n) is 4.84. The highest BCUT2D eigenvalue weighted by molar-refractivity contribution is 6.31. The van der Waals surface area contributed by atoms with E-state index in [1.54, 1.807) is 25.1 Å². The zero-order valence-corrected chi connectivity index (χ0v) is 12.1. The number of halogens is 1. The van der Waals surface area contributed by atoms with E-state index in [1.165, 1.54) is 0 Å². The molecule has 1 aliphatic rings. The summed E-state index contributed by atoms with van der Waals surface area (Å²) in [6, 6.07) is 5.18. The summed E-state index contributed by atoms with van der Waals surface area (Å²) in [5.41, 5.74) is 5.89. The van der Waals surface area contributed by atoms with Crippen LogP contribution in [0.5, 0.6) is 0 Å². The maximum absolute atomic E-state index is 12.2. The first-order valence-electron chi connectivity index (χ1n) is 6.49. The maximum atomic E-state index is 12.2. The van der Waals surface area contributed by atoms with Gasteiger partial charge in [-0.1, -0.05) is 23.4 Å². The lowest BCUT2D eigenvalue weighted by Crippen LogP contribution is -2.39. The van der Waals surface area contributed by atoms with Crippen molar-refractivity contribution in [2.24, 2.45) is 5.73 Å². The molecule has 20 heavy (non-hydrogen) atoms. The van der Waals surface area contributed by atoms with Crippen molar-refractivity contribution in [3.8, 4) is 11.8 Å². The second-order valence-corrected chi connectivity index (χ2v) is 5.24. The Morgan fingerprint density at radius 3 is 3.05 bits per heavy atom. The number of nitrogens with two attached hydrogens (primary N) is 1. The average Bonchev–Trinajstić information content (AvgIpc) is 2.87. The van der Waals surface area contributed by atoms with Gasteiger partial charge in [0.1, 0.15) is 5.60 Å². The van der Waals surface area contributed by atoms with E-state index < -0.39 is 5.60 Å². The zero-order valence-electron chi connectivity index (χ0n) is 11.3. The van der Waals surface area contributed by atoms with Crippen LogP contribution >= 0.6 is 11.6 Å². The van der Waals surface area contributed by atoms with E-state index in [0.717, 1.165) is 12.8 Å². The molecule has 0 aliphatic carbocycles. The van der Waals surface area contributed by atoms with Crippen LogP contribution in [-0.4, -0.2) is 24.7 Å². The van der Waals surface area contributed by atoms with Gasteiger partial charge < -0.3 is 15.8 Å². The Morgan fingerprint density at radius 1 is 1.60 bits per heavy atom. The highest BCUT2D eigenvalue weighted by atomic mass is 35.5. The molecule has 0 aromatic heterocycles. The van der Waals surface area contributed by atoms with Crippen LogP contribution in [-0.2, 0) is 9.53 Å². The van der Waals surface area contributed by atoms with Gasteiger partial charge in [-0.15, -0.1) is 0 Å². The minimum Gasteiger partial charge on any atom is -0.365 e. The summed E-state index contributed by atoms with van der Waals surface area (Å²) in [7, 11) is 0. The van der Waals surface area contributed by atoms with Crippen molar-refractivity contribution in [3.05, 3.63) is 28.8 Å². The fourth-order valence-corrected chi connectivity index (χ4v) is 2.23. The number of carbonyl (C=O) groups is 1. The number of benzene rings is 1. The van der Waals surface area contributed by atoms with Gasteiger partial charge in [-0.3, -0.25) is 4.79 Å². The molecule has 0 bridgehead atoms. The maximum Gasteiger partial charge on any atom is 0.256 e. The van der Waals surface area contributed by atoms with Crippen LogP contribution in [0, 0.1) is 11.8 Å². The Hall–Kier alpha value is -1.54. The van der Waals surface area contributed by atoms with E-state index in [2.05, 4.69) is 17.2 Å². The zero-order chi connectivity index (χ0) is 14.6. The molecule has 1 aliphatic heterocycles. The topological polar surface area (TPSA) is 64.4 Å². The van der Waals surface area contributed by atoms with Crippen molar-refractivity contribution in [1.82, 2.24) is 0 Å². The largest absolute Gasteiger partial charge is 0.365 e. The Balaban J connectivity index is 2.15. The SMILES string of the molecule is CC1(C(=O)Nc2ccc(Cl)c(C#CCN)c2)CCCO1. The van der Waals surface area contributed by atoms with Gasteiger partial charge in [0.25, 0.3) is 5.91 Å². The Bertz CT molecular complexity index is 569. The van der Waals surface area contributed by atoms with Gasteiger partial charge in [0.15, 0.2) is 0 Å². The van der Waals surface area contributed by atoms with Gasteiger partial charge in [0, 0.05) is 17.9 Å². The van der Waals surface area contributed by atoms with Crippen LogP contribution in [0.3, 0.4) is 0 Å². The number of ether oxygens (including phenoxy) is 1. The molecule has 0 radical (unpaired) electrons. The van der Waals surface area contributed by atoms with E-state index in [4.69, 9.17) is 22.1 Å². The molecular weight excluding hydrogens is 276 g/mol. The van der Waals surface area contributed by atoms with Gasteiger partial charge in [-0.25, -0.2) is 0 Å². The van der Waals surface area contributed by atoms with Crippen LogP contribution < -0.4 is 11.1 Å². The third kappa shape index (κ3) is 3.31. The normalized spacial score (nSPS) is 21.1. The monoisotopic (exact) mass is 292 g/mol. The van der Waals surface area contributed by atoms with Crippen LogP contribution in [0.4, 0.5) is 5.69 Å². The highest BCUT2D eigenvalue weighted by Gasteiger charge is 2.37. The van der Waals surface area contributed by atoms with Crippen molar-refractivity contribution in [2.45, 2.75) is 25.4 Å². The first-order chi connectivity index (χ1) is 9.55. The molecule has 1 heterocycles. The summed E-state index contributed by atoms with van der Waals surface area (Å²) in [6.07, 6.45) is 1.63. The molecule has 4 nitrogen and oxygen atoms in total. The number of nitrogens with one attached hydrogen (secondary N) is 1. The van der Waals surface area contributed by atoms with Crippen molar-refractivity contribution in [3.63, 3.8) is 0 Å². The molecule has 5 heteroatoms. The molecule has 1 unspecified atom stereocenters. The van der Waals surface area contributed by atoms with E-state index in [1.807, 2.05) is 0 Å². The Labute approximate surface area is 123 Å². The molecule has 1 aromatic carbocycles. The molecule has 1 atom stereocenters. The average molecular weight is 293 g/mol. The number of hydrogen-bond donors (Lipinski definition) is 2. The van der Waals surface area contributed by atoms with Crippen molar-refractivity contribution < 1.29 is 9.53 Å². The third-order valence-electron chi connectivity index (χ3n) is 3.25. The summed E-state index contributed by atoms with van der Waals surface area (Å²) in [4.78, 5) is 12.2. The molecule has 2 rings (SSSR count). The molecule has 1 fully saturated rings. The standard InChI is InChI=1S/C15H17ClN2O2/c1-15(7-3-9-20-15)14(19)18-12-5-6-13(16)11(10-12)4-2-8-17/h5-6,10H,3,7-9,17H2,1H3,(H,18,19). The lowest BCUT2D eigenvalue weighted by atomic mass is 10.0. The highest BCUT2D eigenvalue weighted by Crippen LogP contribution is 2.27. The van der Waals surface area contributed by atoms with Crippen molar-refractivity contribution in [1.29, 1.82) is 0 Å². The van der Waals surface area contributed by atoms with Gasteiger partial charge in [0.2, 0.25) is 0 Å². The van der Waals surface area contributed by atoms with E-state index in [0.29, 0.717) is 22.9 Å². The fourth-order valence-electron chi connectivity index (χ4n) is 2.07. The Morgan fingerprint density at radius 2 is 2.40 bits per heavy atom. The van der Waals surface area contributed by atoms with Crippen LogP contribution in [0.2, 0.25) is 5.02 Å². The predicted octanol–water partition coefficient (Wildman–Crippen LogP) is 2.16. The van der Waals surface area contributed by atoms with Crippen molar-refractivity contribution in [2.75, 3.05) is 18.5 Å². The van der Waals surface area contributed by atoms with Gasteiger partial charge in [0.05, 0.1) is 11.6 Å². The third-order valence-corrected chi connectivity index (χ3v) is 3.58. The summed E-state index contributed by atoms with van der Waals surface area (Å²) >= 11 is 6.04. The van der Waals surface area contributed by atoms with E-state index >= 15 is 0 Å². The smallest absolute Gasteiger partial charge is 0.256 e. The summed E-state index contributed by atoms with van der Waals surface area (Å²) in [6.45, 7) is 2.69. The summed E-state index contributed by atoms with van der Waals surface area (Å²) < 4.78 is 5.51. The number of hydrogen-bond acceptors (Lipinski definition) is 3. The lowest BCUT2D eigenvalue weighted by molar-refractivity contribution is -0.133. The number of carbonyl (C=O) groups excluding carboxylic acids is 1. The van der Waals surface area contributed by atoms with Crippen molar-refractivity contribution >= 4 is 23.2 Å². The minimum atomic E-state index is -0.747. The van der Waals surface area contributed by atoms with Gasteiger partial charge >= 0.3 is 0 Å². The quantitative estimate of drug-likeness (QED) is 0.821. The van der Waals surface area contributed by atoms with Crippen LogP contribution in [0.15, 0.2) is 18.2 Å². The molecule has 3 N–H and O–H groups in total. The van der Waals surface area contributed by atoms with Crippen LogP contribution in [0.1, 0.15) is 25.3 Å². The minimum absolute atomic E-state index is 0.143.